The lowest BCUT2D eigenvalue weighted by atomic mass is 10.3. The lowest BCUT2D eigenvalue weighted by Gasteiger charge is -1.99. The topological polar surface area (TPSA) is 7.76 Å². The van der Waals surface area contributed by atoms with E-state index in [2.05, 4.69) is 83.2 Å². The van der Waals surface area contributed by atoms with E-state index in [1.165, 1.54) is 29.5 Å². The molecular formula is C16H24N2SSi+2. The molecule has 106 valence electrons. The maximum Gasteiger partial charge on any atom is 0.169 e. The summed E-state index contributed by atoms with van der Waals surface area (Å²) in [5.41, 5.74) is 2.67. The predicted molar refractivity (Wildman–Crippen MR) is 88.6 cm³/mol. The molecule has 2 rings (SSSR count). The van der Waals surface area contributed by atoms with Crippen LogP contribution in [0.1, 0.15) is 11.1 Å². The van der Waals surface area contributed by atoms with Gasteiger partial charge in [-0.2, -0.15) is 11.2 Å². The van der Waals surface area contributed by atoms with Crippen molar-refractivity contribution in [2.45, 2.75) is 33.0 Å². The van der Waals surface area contributed by atoms with Crippen LogP contribution in [-0.4, -0.2) is 14.4 Å². The van der Waals surface area contributed by atoms with Crippen molar-refractivity contribution in [1.29, 1.82) is 0 Å². The molecular weight excluding hydrogens is 280 g/mol. The largest absolute Gasteiger partial charge is 0.205 e. The Kier molecular flexibility index (Phi) is 6.27. The Morgan fingerprint density at radius 2 is 1.35 bits per heavy atom. The molecule has 0 radical (unpaired) electrons. The van der Waals surface area contributed by atoms with Gasteiger partial charge in [0, 0.05) is 36.1 Å². The minimum absolute atomic E-state index is 0.0166. The van der Waals surface area contributed by atoms with Crippen LogP contribution in [0.3, 0.4) is 0 Å². The molecule has 0 aromatic carbocycles. The van der Waals surface area contributed by atoms with E-state index in [1.54, 1.807) is 0 Å². The molecule has 0 amide bonds. The summed E-state index contributed by atoms with van der Waals surface area (Å²) in [5.74, 6) is 1.25. The van der Waals surface area contributed by atoms with Crippen LogP contribution < -0.4 is 9.13 Å². The van der Waals surface area contributed by atoms with Gasteiger partial charge in [-0.3, -0.25) is 0 Å². The number of hydrogen-bond donors (Lipinski definition) is 0. The van der Waals surface area contributed by atoms with Crippen molar-refractivity contribution in [3.8, 4) is 0 Å². The molecule has 0 unspecified atom stereocenters. The number of pyridine rings is 2. The Hall–Kier alpha value is -1.13. The monoisotopic (exact) mass is 304 g/mol. The third kappa shape index (κ3) is 5.47. The van der Waals surface area contributed by atoms with E-state index in [9.17, 15) is 0 Å². The van der Waals surface area contributed by atoms with Crippen molar-refractivity contribution in [2.75, 3.05) is 5.75 Å². The molecule has 2 aromatic heterocycles. The third-order valence-electron chi connectivity index (χ3n) is 3.31. The van der Waals surface area contributed by atoms with E-state index in [1.807, 2.05) is 0 Å². The van der Waals surface area contributed by atoms with Crippen molar-refractivity contribution in [3.05, 3.63) is 60.2 Å². The van der Waals surface area contributed by atoms with Crippen molar-refractivity contribution in [1.82, 2.24) is 0 Å². The van der Waals surface area contributed by atoms with Gasteiger partial charge < -0.3 is 0 Å². The Labute approximate surface area is 128 Å². The van der Waals surface area contributed by atoms with Crippen molar-refractivity contribution in [3.63, 3.8) is 0 Å². The first-order valence-corrected chi connectivity index (χ1v) is 11.1. The van der Waals surface area contributed by atoms with Gasteiger partial charge >= 0.3 is 0 Å². The second kappa shape index (κ2) is 8.22. The van der Waals surface area contributed by atoms with Crippen LogP contribution in [-0.2, 0) is 13.1 Å². The highest BCUT2D eigenvalue weighted by Crippen LogP contribution is 2.00. The fraction of sp³-hybridized carbons (Fsp3) is 0.375. The van der Waals surface area contributed by atoms with Crippen molar-refractivity contribution >= 4 is 19.9 Å². The highest BCUT2D eigenvalue weighted by molar-refractivity contribution is 8.22. The second-order valence-electron chi connectivity index (χ2n) is 5.19. The molecule has 0 bridgehead atoms. The summed E-state index contributed by atoms with van der Waals surface area (Å²) >= 11 is 2.18. The van der Waals surface area contributed by atoms with Gasteiger partial charge in [-0.1, -0.05) is 0 Å². The Morgan fingerprint density at radius 3 is 1.90 bits per heavy atom. The Morgan fingerprint density at radius 1 is 0.850 bits per heavy atom. The summed E-state index contributed by atoms with van der Waals surface area (Å²) in [6, 6.07) is 10.1. The van der Waals surface area contributed by atoms with Crippen LogP contribution in [0.25, 0.3) is 0 Å². The minimum atomic E-state index is 0.0166. The smallest absolute Gasteiger partial charge is 0.169 e. The molecule has 2 heterocycles. The summed E-state index contributed by atoms with van der Waals surface area (Å²) in [6.45, 7) is 6.58. The molecule has 0 fully saturated rings. The average Bonchev–Trinajstić information content (AvgIpc) is 2.46. The normalized spacial score (nSPS) is 11.3. The number of nitrogens with zero attached hydrogens (tertiary/aromatic N) is 2. The fourth-order valence-corrected chi connectivity index (χ4v) is 5.22. The van der Waals surface area contributed by atoms with E-state index in [-0.39, 0.29) is 8.67 Å². The van der Waals surface area contributed by atoms with Crippen LogP contribution in [0.4, 0.5) is 0 Å². The van der Waals surface area contributed by atoms with Gasteiger partial charge in [0.25, 0.3) is 0 Å². The molecule has 2 aromatic rings. The summed E-state index contributed by atoms with van der Waals surface area (Å²) < 4.78 is 4.58. The van der Waals surface area contributed by atoms with E-state index < -0.39 is 0 Å². The summed E-state index contributed by atoms with van der Waals surface area (Å²) in [5, 5.41) is 0. The first-order chi connectivity index (χ1) is 9.74. The molecule has 0 aliphatic rings. The van der Waals surface area contributed by atoms with Gasteiger partial charge in [-0.15, -0.1) is 0 Å². The SMILES string of the molecule is Cc1cc[n+](CC[SiH2]SCC[n+]2ccc(C)cc2)cc1. The van der Waals surface area contributed by atoms with E-state index in [4.69, 9.17) is 0 Å². The quantitative estimate of drug-likeness (QED) is 0.430. The van der Waals surface area contributed by atoms with Crippen LogP contribution in [0, 0.1) is 13.8 Å². The number of rotatable bonds is 7. The van der Waals surface area contributed by atoms with Gasteiger partial charge in [0.1, 0.15) is 6.54 Å². The molecule has 0 saturated heterocycles. The highest BCUT2D eigenvalue weighted by atomic mass is 32.4. The van der Waals surface area contributed by atoms with Crippen LogP contribution in [0.5, 0.6) is 0 Å². The van der Waals surface area contributed by atoms with Gasteiger partial charge in [0.05, 0.1) is 8.67 Å². The zero-order valence-electron chi connectivity index (χ0n) is 12.5. The minimum Gasteiger partial charge on any atom is -0.205 e. The maximum absolute atomic E-state index is 2.30. The molecule has 0 saturated carbocycles. The maximum atomic E-state index is 2.30. The number of aryl methyl sites for hydroxylation is 4. The second-order valence-corrected chi connectivity index (χ2v) is 9.57. The van der Waals surface area contributed by atoms with Crippen LogP contribution in [0.2, 0.25) is 6.04 Å². The van der Waals surface area contributed by atoms with Crippen molar-refractivity contribution in [2.24, 2.45) is 0 Å². The Balaban J connectivity index is 1.57. The summed E-state index contributed by atoms with van der Waals surface area (Å²) in [4.78, 5) is 0. The first kappa shape index (κ1) is 15.3. The lowest BCUT2D eigenvalue weighted by Crippen LogP contribution is -2.34. The summed E-state index contributed by atoms with van der Waals surface area (Å²) in [7, 11) is 0.0166. The molecule has 4 heteroatoms. The molecule has 0 aliphatic carbocycles. The molecule has 0 N–H and O–H groups in total. The standard InChI is InChI=1S/C16H24N2SSi/c1-15-3-7-17(8-4-15)11-13-19-20-14-12-18-9-5-16(2)6-10-18/h3-10H,11-14,20H2,1-2H3/q+2. The zero-order valence-corrected chi connectivity index (χ0v) is 14.7. The van der Waals surface area contributed by atoms with E-state index in [0.29, 0.717) is 0 Å². The number of hydrogen-bond acceptors (Lipinski definition) is 1. The molecule has 0 atom stereocenters. The first-order valence-electron chi connectivity index (χ1n) is 7.23. The van der Waals surface area contributed by atoms with Crippen LogP contribution >= 0.6 is 11.2 Å². The Bertz CT molecular complexity index is 462. The van der Waals surface area contributed by atoms with E-state index in [0.717, 1.165) is 6.54 Å². The predicted octanol–water partition coefficient (Wildman–Crippen LogP) is 1.81. The van der Waals surface area contributed by atoms with E-state index >= 15 is 0 Å². The fourth-order valence-electron chi connectivity index (χ4n) is 1.98. The van der Waals surface area contributed by atoms with Crippen LogP contribution in [0.15, 0.2) is 49.1 Å². The average molecular weight is 305 g/mol. The van der Waals surface area contributed by atoms with Crippen molar-refractivity contribution < 1.29 is 9.13 Å². The third-order valence-corrected chi connectivity index (χ3v) is 7.28. The lowest BCUT2D eigenvalue weighted by molar-refractivity contribution is -0.693. The molecule has 0 aliphatic heterocycles. The van der Waals surface area contributed by atoms with Gasteiger partial charge in [-0.25, -0.2) is 9.13 Å². The molecule has 20 heavy (non-hydrogen) atoms. The number of aromatic nitrogens is 2. The highest BCUT2D eigenvalue weighted by Gasteiger charge is 2.02. The molecule has 2 nitrogen and oxygen atoms in total. The van der Waals surface area contributed by atoms with Gasteiger partial charge in [-0.05, 0) is 25.0 Å². The van der Waals surface area contributed by atoms with Gasteiger partial charge in [0.2, 0.25) is 0 Å². The zero-order chi connectivity index (χ0) is 14.2. The molecule has 0 spiro atoms. The summed E-state index contributed by atoms with van der Waals surface area (Å²) in [6.07, 6.45) is 8.74. The van der Waals surface area contributed by atoms with Gasteiger partial charge in [0.15, 0.2) is 31.3 Å².